The number of nitrogens with one attached hydrogen (secondary N) is 1. The van der Waals surface area contributed by atoms with E-state index in [-0.39, 0.29) is 24.1 Å². The Morgan fingerprint density at radius 1 is 0.769 bits per heavy atom. The minimum atomic E-state index is -0.581. The van der Waals surface area contributed by atoms with Gasteiger partial charge in [-0.25, -0.2) is 0 Å². The van der Waals surface area contributed by atoms with Crippen LogP contribution in [0.15, 0.2) is 60.7 Å². The van der Waals surface area contributed by atoms with Crippen LogP contribution in [-0.2, 0) is 22.6 Å². The third-order valence-electron chi connectivity index (χ3n) is 12.5. The van der Waals surface area contributed by atoms with Gasteiger partial charge in [-0.2, -0.15) is 0 Å². The summed E-state index contributed by atoms with van der Waals surface area (Å²) < 4.78 is 0. The van der Waals surface area contributed by atoms with Gasteiger partial charge in [-0.05, 0) is 121 Å². The molecule has 1 aliphatic carbocycles. The molecule has 3 unspecified atom stereocenters. The van der Waals surface area contributed by atoms with E-state index in [1.807, 2.05) is 24.3 Å². The fourth-order valence-corrected chi connectivity index (χ4v) is 9.76. The Bertz CT molecular complexity index is 1810. The number of nitrogens with zero attached hydrogens (tertiary/aromatic N) is 4. The molecule has 8 rings (SSSR count). The number of carbonyl (C=O) groups is 3. The number of aromatic hydroxyl groups is 1. The van der Waals surface area contributed by atoms with Crippen molar-refractivity contribution in [1.29, 1.82) is 0 Å². The van der Waals surface area contributed by atoms with E-state index in [4.69, 9.17) is 0 Å². The predicted molar refractivity (Wildman–Crippen MR) is 204 cm³/mol. The summed E-state index contributed by atoms with van der Waals surface area (Å²) in [5.41, 5.74) is 8.20. The fraction of sp³-hybridized carbons (Fsp3) is 0.512. The quantitative estimate of drug-likeness (QED) is 0.281. The van der Waals surface area contributed by atoms with E-state index in [1.165, 1.54) is 48.1 Å². The number of anilines is 2. The summed E-state index contributed by atoms with van der Waals surface area (Å²) in [4.78, 5) is 46.4. The number of phenolic OH excluding ortho intramolecular Hbond substituents is 1. The van der Waals surface area contributed by atoms with E-state index in [9.17, 15) is 19.5 Å². The summed E-state index contributed by atoms with van der Waals surface area (Å²) in [5.74, 6) is 2.00. The number of carbonyl (C=O) groups excluding carboxylic acids is 3. The highest BCUT2D eigenvalue weighted by Crippen LogP contribution is 2.45. The monoisotopic (exact) mass is 703 g/mol. The fourth-order valence-electron chi connectivity index (χ4n) is 9.76. The number of rotatable bonds is 8. The summed E-state index contributed by atoms with van der Waals surface area (Å²) in [6.07, 6.45) is 6.51. The van der Waals surface area contributed by atoms with Gasteiger partial charge in [-0.15, -0.1) is 0 Å². The Kier molecular flexibility index (Phi) is 9.72. The summed E-state index contributed by atoms with van der Waals surface area (Å²) >= 11 is 0. The number of piperidine rings is 2. The lowest BCUT2D eigenvalue weighted by atomic mass is 9.69. The Balaban J connectivity index is 0.825. The van der Waals surface area contributed by atoms with Crippen molar-refractivity contribution in [3.63, 3.8) is 0 Å². The first-order valence-electron chi connectivity index (χ1n) is 19.6. The molecule has 0 saturated carbocycles. The van der Waals surface area contributed by atoms with Gasteiger partial charge in [0.15, 0.2) is 0 Å². The number of amides is 3. The second-order valence-corrected chi connectivity index (χ2v) is 16.3. The van der Waals surface area contributed by atoms with Crippen LogP contribution in [0.5, 0.6) is 5.75 Å². The number of phenols is 1. The molecule has 0 radical (unpaired) electrons. The molecule has 274 valence electrons. The van der Waals surface area contributed by atoms with Crippen LogP contribution in [0.4, 0.5) is 11.4 Å². The summed E-state index contributed by atoms with van der Waals surface area (Å²) in [6.45, 7) is 12.4. The maximum Gasteiger partial charge on any atom is 0.255 e. The van der Waals surface area contributed by atoms with E-state index in [0.29, 0.717) is 48.0 Å². The Morgan fingerprint density at radius 2 is 1.50 bits per heavy atom. The molecule has 4 heterocycles. The second-order valence-electron chi connectivity index (χ2n) is 16.3. The number of imide groups is 1. The zero-order valence-electron chi connectivity index (χ0n) is 30.7. The van der Waals surface area contributed by atoms with Gasteiger partial charge >= 0.3 is 0 Å². The third kappa shape index (κ3) is 7.04. The van der Waals surface area contributed by atoms with Crippen molar-refractivity contribution < 1.29 is 19.5 Å². The number of hydrogen-bond acceptors (Lipinski definition) is 7. The predicted octanol–water partition coefficient (Wildman–Crippen LogP) is 5.93. The molecule has 3 fully saturated rings. The van der Waals surface area contributed by atoms with Gasteiger partial charge in [0, 0.05) is 81.6 Å². The second kappa shape index (κ2) is 14.6. The molecule has 3 atom stereocenters. The van der Waals surface area contributed by atoms with E-state index >= 15 is 0 Å². The Hall–Kier alpha value is -4.37. The molecule has 2 N–H and O–H groups in total. The maximum atomic E-state index is 13.1. The van der Waals surface area contributed by atoms with Crippen LogP contribution < -0.4 is 15.1 Å². The largest absolute Gasteiger partial charge is 0.508 e. The van der Waals surface area contributed by atoms with Crippen LogP contribution >= 0.6 is 0 Å². The molecular formula is C43H53N5O4. The zero-order chi connectivity index (χ0) is 35.9. The first-order chi connectivity index (χ1) is 25.2. The lowest BCUT2D eigenvalue weighted by molar-refractivity contribution is -0.136. The van der Waals surface area contributed by atoms with Gasteiger partial charge in [0.2, 0.25) is 11.8 Å². The van der Waals surface area contributed by atoms with E-state index in [0.717, 1.165) is 63.5 Å². The minimum Gasteiger partial charge on any atom is -0.508 e. The lowest BCUT2D eigenvalue weighted by Crippen LogP contribution is -2.52. The van der Waals surface area contributed by atoms with Gasteiger partial charge in [0.05, 0.1) is 0 Å². The van der Waals surface area contributed by atoms with Crippen molar-refractivity contribution >= 4 is 29.1 Å². The minimum absolute atomic E-state index is 0.118. The van der Waals surface area contributed by atoms with Crippen LogP contribution in [0.2, 0.25) is 0 Å². The number of aryl methyl sites for hydroxylation is 1. The molecule has 5 aliphatic rings. The van der Waals surface area contributed by atoms with Crippen LogP contribution in [0, 0.1) is 17.8 Å². The molecule has 3 aromatic rings. The summed E-state index contributed by atoms with van der Waals surface area (Å²) in [5, 5.41) is 12.5. The normalized spacial score (nSPS) is 24.3. The van der Waals surface area contributed by atoms with Crippen LogP contribution in [0.1, 0.15) is 90.9 Å². The highest BCUT2D eigenvalue weighted by atomic mass is 16.3. The van der Waals surface area contributed by atoms with Crippen LogP contribution in [0.3, 0.4) is 0 Å². The highest BCUT2D eigenvalue weighted by molar-refractivity contribution is 6.05. The van der Waals surface area contributed by atoms with Gasteiger partial charge < -0.3 is 19.8 Å². The summed E-state index contributed by atoms with van der Waals surface area (Å²) in [6, 6.07) is 20.9. The number of hydrogen-bond donors (Lipinski definition) is 2. The summed E-state index contributed by atoms with van der Waals surface area (Å²) in [7, 11) is 0. The highest BCUT2D eigenvalue weighted by Gasteiger charge is 2.39. The molecule has 3 amide bonds. The molecule has 0 bridgehead atoms. The lowest BCUT2D eigenvalue weighted by Gasteiger charge is -2.40. The average molecular weight is 704 g/mol. The Labute approximate surface area is 308 Å². The molecular weight excluding hydrogens is 651 g/mol. The van der Waals surface area contributed by atoms with Crippen LogP contribution in [-0.4, -0.2) is 84.5 Å². The number of benzene rings is 3. The molecule has 0 aromatic heterocycles. The first-order valence-corrected chi connectivity index (χ1v) is 19.6. The molecule has 9 heteroatoms. The zero-order valence-corrected chi connectivity index (χ0v) is 30.7. The smallest absolute Gasteiger partial charge is 0.255 e. The average Bonchev–Trinajstić information content (AvgIpc) is 3.47. The SMILES string of the molecule is CC(C)CC1CCc2cc(O)ccc2C1c1ccc(N2CCC(CN3CCN(c4ccc5c(c4)CN(C4CCC(=O)NC4=O)C5=O)CC3)CC2)cc1. The van der Waals surface area contributed by atoms with Crippen molar-refractivity contribution in [3.8, 4) is 5.75 Å². The van der Waals surface area contributed by atoms with Gasteiger partial charge in [0.25, 0.3) is 5.91 Å². The molecule has 3 aromatic carbocycles. The molecule has 52 heavy (non-hydrogen) atoms. The maximum absolute atomic E-state index is 13.1. The van der Waals surface area contributed by atoms with Crippen molar-refractivity contribution in [2.75, 3.05) is 55.6 Å². The molecule has 3 saturated heterocycles. The molecule has 0 spiro atoms. The first kappa shape index (κ1) is 34.7. The van der Waals surface area contributed by atoms with Crippen molar-refractivity contribution in [2.24, 2.45) is 17.8 Å². The van der Waals surface area contributed by atoms with Gasteiger partial charge in [-0.1, -0.05) is 32.0 Å². The standard InChI is InChI=1S/C43H53N5O4/c1-28(2)23-32-4-3-31-25-36(49)10-12-37(31)41(32)30-5-7-34(8-6-30)46-17-15-29(16-18-46)26-45-19-21-47(22-20-45)35-9-11-38-33(24-35)27-48(43(38)52)39-13-14-40(50)44-42(39)51/h5-12,24-25,28-29,32,39,41,49H,3-4,13-23,26-27H2,1-2H3,(H,44,50,51). The molecule has 9 nitrogen and oxygen atoms in total. The van der Waals surface area contributed by atoms with Crippen molar-refractivity contribution in [2.45, 2.75) is 77.3 Å². The topological polar surface area (TPSA) is 96.4 Å². The number of piperazine rings is 1. The van der Waals surface area contributed by atoms with Gasteiger partial charge in [-0.3, -0.25) is 24.6 Å². The Morgan fingerprint density at radius 3 is 2.23 bits per heavy atom. The van der Waals surface area contributed by atoms with E-state index < -0.39 is 6.04 Å². The van der Waals surface area contributed by atoms with Crippen molar-refractivity contribution in [3.05, 3.63) is 88.5 Å². The van der Waals surface area contributed by atoms with Gasteiger partial charge in [0.1, 0.15) is 11.8 Å². The van der Waals surface area contributed by atoms with Crippen molar-refractivity contribution in [1.82, 2.24) is 15.1 Å². The van der Waals surface area contributed by atoms with E-state index in [2.05, 4.69) is 70.3 Å². The third-order valence-corrected chi connectivity index (χ3v) is 12.5. The molecule has 4 aliphatic heterocycles. The van der Waals surface area contributed by atoms with Crippen LogP contribution in [0.25, 0.3) is 0 Å². The van der Waals surface area contributed by atoms with E-state index in [1.54, 1.807) is 4.90 Å². The number of fused-ring (bicyclic) bond motifs is 2.